The molecule has 2 spiro atoms. The molecule has 5 saturated carbocycles. The Bertz CT molecular complexity index is 758. The standard InChI is InChI=1S/C28H46O3/c1-17-18-9-10-22-26(5)15-21-19(7-6-8-23(31-21)24(2,3)30)25(26,4)13-14-28(22)16-27(18,28)12-11-20(17)29/h17-23,29-30H,6-16H2,1-5H3/t17?,18?,19?,20?,21?,22?,23?,25?,26-,27?,28?/m0/s1. The lowest BCUT2D eigenvalue weighted by atomic mass is 9.43. The molecule has 5 aliphatic carbocycles. The molecular weight excluding hydrogens is 384 g/mol. The van der Waals surface area contributed by atoms with Gasteiger partial charge in [0.1, 0.15) is 0 Å². The Morgan fingerprint density at radius 3 is 2.39 bits per heavy atom. The summed E-state index contributed by atoms with van der Waals surface area (Å²) >= 11 is 0. The molecule has 1 aliphatic heterocycles. The maximum Gasteiger partial charge on any atom is 0.0860 e. The van der Waals surface area contributed by atoms with Gasteiger partial charge in [0.25, 0.3) is 0 Å². The molecule has 3 heteroatoms. The lowest BCUT2D eigenvalue weighted by molar-refractivity contribution is -0.139. The number of fused-ring (bicyclic) bond motifs is 4. The van der Waals surface area contributed by atoms with Crippen LogP contribution in [0.25, 0.3) is 0 Å². The summed E-state index contributed by atoms with van der Waals surface area (Å²) in [5.41, 5.74) is 1.08. The van der Waals surface area contributed by atoms with Gasteiger partial charge in [0.2, 0.25) is 0 Å². The van der Waals surface area contributed by atoms with Gasteiger partial charge in [-0.3, -0.25) is 0 Å². The highest BCUT2D eigenvalue weighted by Gasteiger charge is 2.81. The Labute approximate surface area is 189 Å². The van der Waals surface area contributed by atoms with Gasteiger partial charge in [0.05, 0.1) is 23.9 Å². The molecule has 0 aromatic carbocycles. The zero-order valence-electron chi connectivity index (χ0n) is 20.6. The van der Waals surface area contributed by atoms with E-state index in [9.17, 15) is 10.2 Å². The quantitative estimate of drug-likeness (QED) is 0.560. The minimum Gasteiger partial charge on any atom is -0.393 e. The number of aliphatic hydroxyl groups is 2. The van der Waals surface area contributed by atoms with E-state index in [4.69, 9.17) is 4.74 Å². The Hall–Kier alpha value is -0.120. The van der Waals surface area contributed by atoms with E-state index >= 15 is 0 Å². The van der Waals surface area contributed by atoms with Crippen LogP contribution in [-0.2, 0) is 4.74 Å². The fourth-order valence-electron chi connectivity index (χ4n) is 11.1. The van der Waals surface area contributed by atoms with Crippen molar-refractivity contribution < 1.29 is 14.9 Å². The van der Waals surface area contributed by atoms with Crippen LogP contribution in [0.15, 0.2) is 0 Å². The van der Waals surface area contributed by atoms with E-state index in [1.807, 2.05) is 13.8 Å². The van der Waals surface area contributed by atoms with Crippen LogP contribution in [0.3, 0.4) is 0 Å². The maximum absolute atomic E-state index is 10.7. The molecular formula is C28H46O3. The summed E-state index contributed by atoms with van der Waals surface area (Å²) < 4.78 is 6.80. The third kappa shape index (κ3) is 2.47. The van der Waals surface area contributed by atoms with E-state index < -0.39 is 5.60 Å². The minimum atomic E-state index is -0.747. The number of ether oxygens (including phenoxy) is 1. The molecule has 3 nitrogen and oxygen atoms in total. The highest BCUT2D eigenvalue weighted by Crippen LogP contribution is 2.88. The smallest absolute Gasteiger partial charge is 0.0860 e. The summed E-state index contributed by atoms with van der Waals surface area (Å²) in [6.45, 7) is 11.5. The molecule has 0 aromatic heterocycles. The average Bonchev–Trinajstić information content (AvgIpc) is 3.36. The van der Waals surface area contributed by atoms with Crippen LogP contribution in [0.5, 0.6) is 0 Å². The van der Waals surface area contributed by atoms with Crippen molar-refractivity contribution in [3.63, 3.8) is 0 Å². The predicted octanol–water partition coefficient (Wildman–Crippen LogP) is 5.71. The molecule has 0 radical (unpaired) electrons. The molecule has 6 rings (SSSR count). The van der Waals surface area contributed by atoms with Gasteiger partial charge in [0, 0.05) is 0 Å². The number of aliphatic hydroxyl groups excluding tert-OH is 1. The van der Waals surface area contributed by atoms with E-state index in [1.54, 1.807) is 0 Å². The number of hydrogen-bond donors (Lipinski definition) is 2. The molecule has 6 aliphatic rings. The van der Waals surface area contributed by atoms with Crippen LogP contribution in [0.4, 0.5) is 0 Å². The first-order valence-electron chi connectivity index (χ1n) is 13.5. The third-order valence-electron chi connectivity index (χ3n) is 12.9. The van der Waals surface area contributed by atoms with Crippen molar-refractivity contribution >= 4 is 0 Å². The minimum absolute atomic E-state index is 0.0208. The Morgan fingerprint density at radius 2 is 1.65 bits per heavy atom. The van der Waals surface area contributed by atoms with E-state index in [0.717, 1.165) is 24.7 Å². The SMILES string of the molecule is CC1C(O)CCC23CC24CCC2(C)C5CCCC(C(C)(C)O)OC5C[C@@]2(C)C4CCC13. The van der Waals surface area contributed by atoms with Crippen LogP contribution < -0.4 is 0 Å². The monoisotopic (exact) mass is 430 g/mol. The Kier molecular flexibility index (Phi) is 4.35. The maximum atomic E-state index is 10.7. The van der Waals surface area contributed by atoms with Gasteiger partial charge >= 0.3 is 0 Å². The molecule has 1 saturated heterocycles. The Balaban J connectivity index is 1.33. The van der Waals surface area contributed by atoms with Crippen molar-refractivity contribution in [2.75, 3.05) is 0 Å². The van der Waals surface area contributed by atoms with Crippen molar-refractivity contribution in [3.05, 3.63) is 0 Å². The Morgan fingerprint density at radius 1 is 0.871 bits per heavy atom. The van der Waals surface area contributed by atoms with E-state index in [2.05, 4.69) is 20.8 Å². The van der Waals surface area contributed by atoms with Crippen LogP contribution in [-0.4, -0.2) is 34.1 Å². The molecule has 6 fully saturated rings. The summed E-state index contributed by atoms with van der Waals surface area (Å²) in [6, 6.07) is 0. The molecule has 0 amide bonds. The molecule has 11 atom stereocenters. The van der Waals surface area contributed by atoms with Gasteiger partial charge in [-0.2, -0.15) is 0 Å². The van der Waals surface area contributed by atoms with Crippen LogP contribution in [0.1, 0.15) is 105 Å². The lowest BCUT2D eigenvalue weighted by Crippen LogP contribution is -2.55. The van der Waals surface area contributed by atoms with Crippen molar-refractivity contribution in [1.82, 2.24) is 0 Å². The van der Waals surface area contributed by atoms with Gasteiger partial charge in [-0.05, 0) is 123 Å². The summed E-state index contributed by atoms with van der Waals surface area (Å²) in [5, 5.41) is 21.3. The largest absolute Gasteiger partial charge is 0.393 e. The highest BCUT2D eigenvalue weighted by molar-refractivity contribution is 5.30. The van der Waals surface area contributed by atoms with Gasteiger partial charge < -0.3 is 14.9 Å². The number of hydrogen-bond acceptors (Lipinski definition) is 3. The molecule has 0 aromatic rings. The van der Waals surface area contributed by atoms with Crippen LogP contribution in [0.2, 0.25) is 0 Å². The van der Waals surface area contributed by atoms with Crippen molar-refractivity contribution in [3.8, 4) is 0 Å². The van der Waals surface area contributed by atoms with E-state index in [0.29, 0.717) is 39.6 Å². The molecule has 0 bridgehead atoms. The molecule has 176 valence electrons. The van der Waals surface area contributed by atoms with Crippen molar-refractivity contribution in [2.24, 2.45) is 45.3 Å². The summed E-state index contributed by atoms with van der Waals surface area (Å²) in [7, 11) is 0. The summed E-state index contributed by atoms with van der Waals surface area (Å²) in [4.78, 5) is 0. The summed E-state index contributed by atoms with van der Waals surface area (Å²) in [6.07, 6.45) is 14.1. The van der Waals surface area contributed by atoms with Gasteiger partial charge in [0.15, 0.2) is 0 Å². The second-order valence-electron chi connectivity index (χ2n) is 14.1. The fourth-order valence-corrected chi connectivity index (χ4v) is 11.1. The topological polar surface area (TPSA) is 49.7 Å². The second-order valence-corrected chi connectivity index (χ2v) is 14.1. The van der Waals surface area contributed by atoms with Crippen LogP contribution in [0, 0.1) is 45.3 Å². The lowest BCUT2D eigenvalue weighted by Gasteiger charge is -2.61. The first-order chi connectivity index (χ1) is 14.5. The fraction of sp³-hybridized carbons (Fsp3) is 1.00. The van der Waals surface area contributed by atoms with E-state index in [-0.39, 0.29) is 12.2 Å². The second kappa shape index (κ2) is 6.30. The van der Waals surface area contributed by atoms with E-state index in [1.165, 1.54) is 57.8 Å². The molecule has 10 unspecified atom stereocenters. The normalized spacial score (nSPS) is 60.7. The predicted molar refractivity (Wildman–Crippen MR) is 122 cm³/mol. The molecule has 1 heterocycles. The van der Waals surface area contributed by atoms with Gasteiger partial charge in [-0.15, -0.1) is 0 Å². The average molecular weight is 431 g/mol. The first-order valence-corrected chi connectivity index (χ1v) is 13.5. The van der Waals surface area contributed by atoms with Crippen molar-refractivity contribution in [2.45, 2.75) is 129 Å². The van der Waals surface area contributed by atoms with Gasteiger partial charge in [-0.1, -0.05) is 27.2 Å². The zero-order chi connectivity index (χ0) is 22.0. The van der Waals surface area contributed by atoms with Crippen molar-refractivity contribution in [1.29, 1.82) is 0 Å². The van der Waals surface area contributed by atoms with Gasteiger partial charge in [-0.25, -0.2) is 0 Å². The molecule has 31 heavy (non-hydrogen) atoms. The summed E-state index contributed by atoms with van der Waals surface area (Å²) in [5.74, 6) is 2.72. The highest BCUT2D eigenvalue weighted by atomic mass is 16.5. The zero-order valence-corrected chi connectivity index (χ0v) is 20.6. The first kappa shape index (κ1) is 21.4. The molecule has 2 N–H and O–H groups in total. The third-order valence-corrected chi connectivity index (χ3v) is 12.9. The number of rotatable bonds is 1. The van der Waals surface area contributed by atoms with Crippen LogP contribution >= 0.6 is 0 Å².